The minimum absolute atomic E-state index is 0.139. The van der Waals surface area contributed by atoms with Crippen LogP contribution < -0.4 is 5.32 Å². The fourth-order valence-corrected chi connectivity index (χ4v) is 1.56. The van der Waals surface area contributed by atoms with E-state index in [9.17, 15) is 4.79 Å². The Morgan fingerprint density at radius 2 is 2.43 bits per heavy atom. The number of carbonyl (C=O) groups excluding carboxylic acids is 1. The lowest BCUT2D eigenvalue weighted by atomic mass is 9.97. The van der Waals surface area contributed by atoms with Crippen LogP contribution in [-0.2, 0) is 9.53 Å². The summed E-state index contributed by atoms with van der Waals surface area (Å²) in [5.74, 6) is 0.449. The van der Waals surface area contributed by atoms with Gasteiger partial charge in [0.1, 0.15) is 0 Å². The Hall–Kier alpha value is -0.410. The van der Waals surface area contributed by atoms with E-state index in [0.717, 1.165) is 25.9 Å². The second-order valence-corrected chi connectivity index (χ2v) is 4.07. The van der Waals surface area contributed by atoms with Crippen LogP contribution in [0.25, 0.3) is 0 Å². The van der Waals surface area contributed by atoms with E-state index in [0.29, 0.717) is 25.0 Å². The van der Waals surface area contributed by atoms with Crippen LogP contribution in [0.5, 0.6) is 0 Å². The van der Waals surface area contributed by atoms with Crippen molar-refractivity contribution in [3.8, 4) is 0 Å². The van der Waals surface area contributed by atoms with Gasteiger partial charge in [-0.1, -0.05) is 6.92 Å². The molecule has 14 heavy (non-hydrogen) atoms. The first kappa shape index (κ1) is 11.7. The van der Waals surface area contributed by atoms with Gasteiger partial charge in [-0.25, -0.2) is 0 Å². The van der Waals surface area contributed by atoms with E-state index >= 15 is 0 Å². The van der Waals surface area contributed by atoms with E-state index in [1.807, 2.05) is 0 Å². The third-order valence-electron chi connectivity index (χ3n) is 2.85. The molecule has 3 nitrogen and oxygen atoms in total. The summed E-state index contributed by atoms with van der Waals surface area (Å²) in [7, 11) is 0. The van der Waals surface area contributed by atoms with Crippen molar-refractivity contribution < 1.29 is 9.53 Å². The molecule has 0 amide bonds. The van der Waals surface area contributed by atoms with Crippen molar-refractivity contribution in [2.24, 2.45) is 5.92 Å². The number of carbonyl (C=O) groups is 1. The molecule has 0 saturated carbocycles. The summed E-state index contributed by atoms with van der Waals surface area (Å²) in [5.41, 5.74) is 0. The fourth-order valence-electron chi connectivity index (χ4n) is 1.56. The van der Waals surface area contributed by atoms with E-state index in [1.54, 1.807) is 0 Å². The monoisotopic (exact) mass is 199 g/mol. The quantitative estimate of drug-likeness (QED) is 0.726. The number of nitrogens with one attached hydrogen (secondary N) is 1. The summed E-state index contributed by atoms with van der Waals surface area (Å²) in [5, 5.41) is 3.22. The molecule has 0 aromatic rings. The number of ether oxygens (including phenoxy) is 1. The maximum atomic E-state index is 11.7. The van der Waals surface area contributed by atoms with Gasteiger partial charge in [0, 0.05) is 18.6 Å². The predicted molar refractivity (Wildman–Crippen MR) is 56.3 cm³/mol. The lowest BCUT2D eigenvalue weighted by molar-refractivity contribution is -0.126. The Balaban J connectivity index is 2.19. The molecule has 2 atom stereocenters. The average molecular weight is 199 g/mol. The summed E-state index contributed by atoms with van der Waals surface area (Å²) >= 11 is 0. The summed E-state index contributed by atoms with van der Waals surface area (Å²) in [6.45, 7) is 6.17. The van der Waals surface area contributed by atoms with Crippen molar-refractivity contribution in [2.45, 2.75) is 39.2 Å². The first-order valence-corrected chi connectivity index (χ1v) is 5.58. The number of rotatable bonds is 5. The van der Waals surface area contributed by atoms with Crippen molar-refractivity contribution in [1.82, 2.24) is 5.32 Å². The number of hydrogen-bond donors (Lipinski definition) is 1. The zero-order valence-electron chi connectivity index (χ0n) is 9.21. The van der Waals surface area contributed by atoms with Crippen LogP contribution >= 0.6 is 0 Å². The maximum absolute atomic E-state index is 11.7. The largest absolute Gasteiger partial charge is 0.381 e. The highest BCUT2D eigenvalue weighted by Gasteiger charge is 2.21. The minimum atomic E-state index is 0.139. The number of hydrogen-bond acceptors (Lipinski definition) is 3. The third kappa shape index (κ3) is 3.76. The van der Waals surface area contributed by atoms with E-state index in [1.165, 1.54) is 0 Å². The molecule has 1 N–H and O–H groups in total. The highest BCUT2D eigenvalue weighted by Crippen LogP contribution is 2.14. The van der Waals surface area contributed by atoms with Gasteiger partial charge < -0.3 is 10.1 Å². The summed E-state index contributed by atoms with van der Waals surface area (Å²) < 4.78 is 5.29. The predicted octanol–water partition coefficient (Wildman–Crippen LogP) is 1.37. The molecule has 0 spiro atoms. The number of ketones is 1. The molecule has 0 aliphatic carbocycles. The Morgan fingerprint density at radius 1 is 1.64 bits per heavy atom. The highest BCUT2D eigenvalue weighted by atomic mass is 16.5. The van der Waals surface area contributed by atoms with E-state index in [2.05, 4.69) is 19.2 Å². The Bertz CT molecular complexity index is 176. The van der Waals surface area contributed by atoms with Crippen molar-refractivity contribution in [2.75, 3.05) is 19.8 Å². The third-order valence-corrected chi connectivity index (χ3v) is 2.85. The lowest BCUT2D eigenvalue weighted by Crippen LogP contribution is -2.36. The van der Waals surface area contributed by atoms with Gasteiger partial charge in [0.25, 0.3) is 0 Å². The SMILES string of the molecule is CCC(C)NCC(=O)C1CCCOC1. The van der Waals surface area contributed by atoms with Crippen molar-refractivity contribution in [1.29, 1.82) is 0 Å². The molecule has 2 unspecified atom stereocenters. The van der Waals surface area contributed by atoms with Crippen LogP contribution in [0.2, 0.25) is 0 Å². The minimum Gasteiger partial charge on any atom is -0.381 e. The first-order chi connectivity index (χ1) is 6.74. The molecule has 0 bridgehead atoms. The van der Waals surface area contributed by atoms with Gasteiger partial charge in [-0.3, -0.25) is 4.79 Å². The molecule has 0 radical (unpaired) electrons. The maximum Gasteiger partial charge on any atom is 0.151 e. The lowest BCUT2D eigenvalue weighted by Gasteiger charge is -2.21. The van der Waals surface area contributed by atoms with Gasteiger partial charge in [0.05, 0.1) is 13.2 Å². The summed E-state index contributed by atoms with van der Waals surface area (Å²) in [6, 6.07) is 0.434. The van der Waals surface area contributed by atoms with Crippen molar-refractivity contribution >= 4 is 5.78 Å². The molecular formula is C11H21NO2. The Kier molecular flexibility index (Phi) is 5.12. The van der Waals surface area contributed by atoms with Gasteiger partial charge >= 0.3 is 0 Å². The van der Waals surface area contributed by atoms with Crippen LogP contribution in [0.4, 0.5) is 0 Å². The van der Waals surface area contributed by atoms with Gasteiger partial charge in [0.15, 0.2) is 5.78 Å². The smallest absolute Gasteiger partial charge is 0.151 e. The van der Waals surface area contributed by atoms with Crippen molar-refractivity contribution in [3.05, 3.63) is 0 Å². The molecule has 0 aromatic heterocycles. The van der Waals surface area contributed by atoms with Gasteiger partial charge in [-0.15, -0.1) is 0 Å². The van der Waals surface area contributed by atoms with Crippen LogP contribution in [0.1, 0.15) is 33.1 Å². The molecule has 1 saturated heterocycles. The molecule has 3 heteroatoms. The molecule has 1 aliphatic rings. The average Bonchev–Trinajstić information content (AvgIpc) is 2.26. The van der Waals surface area contributed by atoms with Crippen LogP contribution in [0.3, 0.4) is 0 Å². The molecule has 82 valence electrons. The van der Waals surface area contributed by atoms with Gasteiger partial charge in [0.2, 0.25) is 0 Å². The molecule has 1 aliphatic heterocycles. The van der Waals surface area contributed by atoms with Gasteiger partial charge in [-0.05, 0) is 26.2 Å². The number of Topliss-reactive ketones (excluding diaryl/α,β-unsaturated/α-hetero) is 1. The second kappa shape index (κ2) is 6.14. The van der Waals surface area contributed by atoms with Crippen molar-refractivity contribution in [3.63, 3.8) is 0 Å². The Labute approximate surface area is 86.2 Å². The van der Waals surface area contributed by atoms with E-state index in [-0.39, 0.29) is 5.92 Å². The zero-order chi connectivity index (χ0) is 10.4. The molecule has 0 aromatic carbocycles. The second-order valence-electron chi connectivity index (χ2n) is 4.07. The topological polar surface area (TPSA) is 38.3 Å². The highest BCUT2D eigenvalue weighted by molar-refractivity contribution is 5.83. The molecule has 1 fully saturated rings. The normalized spacial score (nSPS) is 24.6. The molecule has 1 rings (SSSR count). The molecule has 1 heterocycles. The van der Waals surface area contributed by atoms with E-state index < -0.39 is 0 Å². The van der Waals surface area contributed by atoms with Gasteiger partial charge in [-0.2, -0.15) is 0 Å². The van der Waals surface area contributed by atoms with Crippen LogP contribution in [0.15, 0.2) is 0 Å². The van der Waals surface area contributed by atoms with E-state index in [4.69, 9.17) is 4.74 Å². The standard InChI is InChI=1S/C11H21NO2/c1-3-9(2)12-7-11(13)10-5-4-6-14-8-10/h9-10,12H,3-8H2,1-2H3. The Morgan fingerprint density at radius 3 is 3.00 bits per heavy atom. The van der Waals surface area contributed by atoms with Crippen LogP contribution in [-0.4, -0.2) is 31.6 Å². The first-order valence-electron chi connectivity index (χ1n) is 5.58. The zero-order valence-corrected chi connectivity index (χ0v) is 9.21. The fraction of sp³-hybridized carbons (Fsp3) is 0.909. The molecular weight excluding hydrogens is 178 g/mol. The summed E-state index contributed by atoms with van der Waals surface area (Å²) in [4.78, 5) is 11.7. The summed E-state index contributed by atoms with van der Waals surface area (Å²) in [6.07, 6.45) is 3.09. The van der Waals surface area contributed by atoms with Crippen LogP contribution in [0, 0.1) is 5.92 Å².